The van der Waals surface area contributed by atoms with Crippen LogP contribution in [0.1, 0.15) is 39.2 Å². The molecule has 0 aliphatic carbocycles. The quantitative estimate of drug-likeness (QED) is 0.742. The van der Waals surface area contributed by atoms with Crippen LogP contribution in [0, 0.1) is 5.92 Å². The fourth-order valence-corrected chi connectivity index (χ4v) is 1.90. The number of ether oxygens (including phenoxy) is 1. The highest BCUT2D eigenvalue weighted by Gasteiger charge is 2.06. The topological polar surface area (TPSA) is 34.2 Å². The van der Waals surface area contributed by atoms with Crippen molar-refractivity contribution in [2.45, 2.75) is 40.2 Å². The molecule has 0 fully saturated rings. The first-order valence-corrected chi connectivity index (χ1v) is 7.40. The van der Waals surface area contributed by atoms with Crippen LogP contribution < -0.4 is 10.1 Å². The Labute approximate surface area is 118 Å². The van der Waals surface area contributed by atoms with Gasteiger partial charge >= 0.3 is 0 Å². The first kappa shape index (κ1) is 15.4. The Morgan fingerprint density at radius 1 is 1.44 bits per heavy atom. The van der Waals surface area contributed by atoms with Crippen LogP contribution in [0.25, 0.3) is 0 Å². The molecule has 0 unspecified atom stereocenters. The summed E-state index contributed by atoms with van der Waals surface area (Å²) in [6, 6.07) is 2.07. The van der Waals surface area contributed by atoms with Crippen LogP contribution in [0.3, 0.4) is 0 Å². The zero-order valence-electron chi connectivity index (χ0n) is 11.5. The van der Waals surface area contributed by atoms with Gasteiger partial charge in [-0.2, -0.15) is 0 Å². The molecule has 1 aromatic rings. The van der Waals surface area contributed by atoms with E-state index in [2.05, 4.69) is 53.1 Å². The van der Waals surface area contributed by atoms with Crippen LogP contribution in [-0.2, 0) is 6.54 Å². The minimum atomic E-state index is 0.655. The number of pyridine rings is 1. The number of halogens is 1. The third kappa shape index (κ3) is 5.83. The molecule has 3 nitrogen and oxygen atoms in total. The van der Waals surface area contributed by atoms with Gasteiger partial charge in [-0.05, 0) is 47.3 Å². The van der Waals surface area contributed by atoms with Gasteiger partial charge in [0.15, 0.2) is 0 Å². The van der Waals surface area contributed by atoms with Crippen LogP contribution in [0.4, 0.5) is 0 Å². The Hall–Kier alpha value is -0.610. The molecular formula is C14H23BrN2O. The summed E-state index contributed by atoms with van der Waals surface area (Å²) in [7, 11) is 0. The van der Waals surface area contributed by atoms with Crippen molar-refractivity contribution in [2.75, 3.05) is 13.2 Å². The van der Waals surface area contributed by atoms with E-state index in [9.17, 15) is 0 Å². The van der Waals surface area contributed by atoms with E-state index in [1.807, 2.05) is 0 Å². The maximum absolute atomic E-state index is 5.76. The summed E-state index contributed by atoms with van der Waals surface area (Å²) in [6.45, 7) is 9.10. The van der Waals surface area contributed by atoms with Gasteiger partial charge in [-0.25, -0.2) is 4.98 Å². The second kappa shape index (κ2) is 8.48. The van der Waals surface area contributed by atoms with Crippen LogP contribution in [0.5, 0.6) is 5.88 Å². The van der Waals surface area contributed by atoms with Crippen LogP contribution in [0.2, 0.25) is 0 Å². The zero-order valence-corrected chi connectivity index (χ0v) is 13.1. The first-order valence-electron chi connectivity index (χ1n) is 6.61. The molecule has 0 bridgehead atoms. The van der Waals surface area contributed by atoms with Gasteiger partial charge in [0.2, 0.25) is 5.88 Å². The maximum Gasteiger partial charge on any atom is 0.217 e. The van der Waals surface area contributed by atoms with E-state index >= 15 is 0 Å². The van der Waals surface area contributed by atoms with Gasteiger partial charge in [-0.15, -0.1) is 0 Å². The van der Waals surface area contributed by atoms with E-state index in [-0.39, 0.29) is 0 Å². The Balaban J connectivity index is 2.58. The van der Waals surface area contributed by atoms with Gasteiger partial charge in [-0.3, -0.25) is 0 Å². The predicted octanol–water partition coefficient (Wildman–Crippen LogP) is 3.77. The third-order valence-electron chi connectivity index (χ3n) is 2.57. The van der Waals surface area contributed by atoms with Gasteiger partial charge in [0, 0.05) is 22.8 Å². The second-order valence-electron chi connectivity index (χ2n) is 4.83. The summed E-state index contributed by atoms with van der Waals surface area (Å²) in [5.74, 6) is 1.41. The molecule has 18 heavy (non-hydrogen) atoms. The normalized spacial score (nSPS) is 10.9. The van der Waals surface area contributed by atoms with Crippen LogP contribution in [0.15, 0.2) is 16.7 Å². The van der Waals surface area contributed by atoms with Gasteiger partial charge in [0.05, 0.1) is 6.61 Å². The molecule has 1 aromatic heterocycles. The number of nitrogens with one attached hydrogen (secondary N) is 1. The summed E-state index contributed by atoms with van der Waals surface area (Å²) in [6.07, 6.45) is 3.97. The highest BCUT2D eigenvalue weighted by Crippen LogP contribution is 2.20. The molecule has 0 aromatic carbocycles. The highest BCUT2D eigenvalue weighted by atomic mass is 79.9. The Morgan fingerprint density at radius 2 is 2.22 bits per heavy atom. The van der Waals surface area contributed by atoms with Gasteiger partial charge in [0.25, 0.3) is 0 Å². The summed E-state index contributed by atoms with van der Waals surface area (Å²) in [5.41, 5.74) is 1.11. The van der Waals surface area contributed by atoms with Crippen molar-refractivity contribution in [3.63, 3.8) is 0 Å². The molecule has 1 heterocycles. The number of nitrogens with zero attached hydrogens (tertiary/aromatic N) is 1. The smallest absolute Gasteiger partial charge is 0.217 e. The number of hydrogen-bond donors (Lipinski definition) is 1. The van der Waals surface area contributed by atoms with E-state index in [0.29, 0.717) is 5.92 Å². The standard InChI is InChI=1S/C14H23BrN2O/c1-4-6-16-9-12-8-13(15)10-17-14(12)18-7-5-11(2)3/h8,10-11,16H,4-7,9H2,1-3H3. The number of aromatic nitrogens is 1. The lowest BCUT2D eigenvalue weighted by molar-refractivity contribution is 0.276. The van der Waals surface area contributed by atoms with Crippen LogP contribution in [-0.4, -0.2) is 18.1 Å². The average Bonchev–Trinajstić information content (AvgIpc) is 2.32. The van der Waals surface area contributed by atoms with Crippen LogP contribution >= 0.6 is 15.9 Å². The van der Waals surface area contributed by atoms with Crippen molar-refractivity contribution >= 4 is 15.9 Å². The molecule has 1 rings (SSSR count). The SMILES string of the molecule is CCCNCc1cc(Br)cnc1OCCC(C)C. The summed E-state index contributed by atoms with van der Waals surface area (Å²) < 4.78 is 6.75. The Bertz CT molecular complexity index is 356. The van der Waals surface area contributed by atoms with E-state index < -0.39 is 0 Å². The predicted molar refractivity (Wildman–Crippen MR) is 78.9 cm³/mol. The lowest BCUT2D eigenvalue weighted by Gasteiger charge is -2.12. The third-order valence-corrected chi connectivity index (χ3v) is 3.00. The van der Waals surface area contributed by atoms with E-state index in [1.54, 1.807) is 6.20 Å². The summed E-state index contributed by atoms with van der Waals surface area (Å²) >= 11 is 3.45. The molecule has 0 aliphatic heterocycles. The highest BCUT2D eigenvalue weighted by molar-refractivity contribution is 9.10. The van der Waals surface area contributed by atoms with Crippen molar-refractivity contribution in [1.82, 2.24) is 10.3 Å². The Morgan fingerprint density at radius 3 is 2.89 bits per heavy atom. The molecule has 102 valence electrons. The maximum atomic E-state index is 5.76. The van der Waals surface area contributed by atoms with Crippen molar-refractivity contribution in [3.8, 4) is 5.88 Å². The molecule has 0 radical (unpaired) electrons. The fraction of sp³-hybridized carbons (Fsp3) is 0.643. The molecule has 0 saturated carbocycles. The molecule has 1 N–H and O–H groups in total. The van der Waals surface area contributed by atoms with Gasteiger partial charge < -0.3 is 10.1 Å². The summed E-state index contributed by atoms with van der Waals surface area (Å²) in [4.78, 5) is 4.34. The molecule has 0 atom stereocenters. The monoisotopic (exact) mass is 314 g/mol. The van der Waals surface area contributed by atoms with E-state index in [1.165, 1.54) is 0 Å². The Kier molecular flexibility index (Phi) is 7.28. The molecule has 4 heteroatoms. The minimum Gasteiger partial charge on any atom is -0.477 e. The molecule has 0 saturated heterocycles. The van der Waals surface area contributed by atoms with Crippen molar-refractivity contribution in [2.24, 2.45) is 5.92 Å². The molecule has 0 aliphatic rings. The minimum absolute atomic E-state index is 0.655. The molecule has 0 spiro atoms. The number of hydrogen-bond acceptors (Lipinski definition) is 3. The van der Waals surface area contributed by atoms with Crippen molar-refractivity contribution < 1.29 is 4.74 Å². The lowest BCUT2D eigenvalue weighted by Crippen LogP contribution is -2.15. The van der Waals surface area contributed by atoms with Gasteiger partial charge in [0.1, 0.15) is 0 Å². The van der Waals surface area contributed by atoms with Crippen molar-refractivity contribution in [1.29, 1.82) is 0 Å². The first-order chi connectivity index (χ1) is 8.63. The number of rotatable bonds is 8. The molecular weight excluding hydrogens is 292 g/mol. The lowest BCUT2D eigenvalue weighted by atomic mass is 10.1. The largest absolute Gasteiger partial charge is 0.477 e. The van der Waals surface area contributed by atoms with Gasteiger partial charge in [-0.1, -0.05) is 20.8 Å². The van der Waals surface area contributed by atoms with E-state index in [0.717, 1.165) is 48.5 Å². The van der Waals surface area contributed by atoms with E-state index in [4.69, 9.17) is 4.74 Å². The molecule has 0 amide bonds. The average molecular weight is 315 g/mol. The zero-order chi connectivity index (χ0) is 13.4. The second-order valence-corrected chi connectivity index (χ2v) is 5.74. The summed E-state index contributed by atoms with van der Waals surface area (Å²) in [5, 5.41) is 3.38. The van der Waals surface area contributed by atoms with Crippen molar-refractivity contribution in [3.05, 3.63) is 22.3 Å². The fourth-order valence-electron chi connectivity index (χ4n) is 1.52.